The van der Waals surface area contributed by atoms with Gasteiger partial charge in [0.1, 0.15) is 0 Å². The van der Waals surface area contributed by atoms with E-state index in [1.54, 1.807) is 0 Å². The van der Waals surface area contributed by atoms with E-state index < -0.39 is 0 Å². The van der Waals surface area contributed by atoms with Gasteiger partial charge in [-0.3, -0.25) is 14.4 Å². The number of benzene rings is 1. The topological polar surface area (TPSA) is 117 Å². The molecule has 3 heterocycles. The first-order valence-corrected chi connectivity index (χ1v) is 12.5. The number of piperazine rings is 1. The van der Waals surface area contributed by atoms with Crippen LogP contribution in [0, 0.1) is 17.8 Å². The lowest BCUT2D eigenvalue weighted by Crippen LogP contribution is -2.58. The molecule has 192 valence electrons. The van der Waals surface area contributed by atoms with Crippen molar-refractivity contribution >= 4 is 29.8 Å². The van der Waals surface area contributed by atoms with Crippen molar-refractivity contribution in [2.24, 2.45) is 17.8 Å². The zero-order chi connectivity index (χ0) is 25.2. The molecule has 1 aromatic heterocycles. The molecule has 1 aliphatic carbocycles. The number of hydrogen-bond acceptors (Lipinski definition) is 5. The molecule has 2 aromatic rings. The molecule has 3 atom stereocenters. The number of nitrogens with one attached hydrogen (secondary N) is 1. The highest BCUT2D eigenvalue weighted by Crippen LogP contribution is 2.46. The summed E-state index contributed by atoms with van der Waals surface area (Å²) in [5.41, 5.74) is 2.65. The van der Waals surface area contributed by atoms with Crippen LogP contribution >= 0.6 is 0 Å². The summed E-state index contributed by atoms with van der Waals surface area (Å²) >= 11 is 0. The monoisotopic (exact) mass is 486 g/mol. The second-order valence-electron chi connectivity index (χ2n) is 9.44. The maximum atomic E-state index is 13.1. The lowest BCUT2D eigenvalue weighted by atomic mass is 9.61. The number of carbonyl (C=O) groups excluding carboxylic acids is 1. The lowest BCUT2D eigenvalue weighted by molar-refractivity contribution is -0.149. The zero-order valence-corrected chi connectivity index (χ0v) is 20.5. The number of carbonyl (C=O) groups is 3. The van der Waals surface area contributed by atoms with E-state index in [1.807, 2.05) is 0 Å². The van der Waals surface area contributed by atoms with Crippen LogP contribution in [-0.2, 0) is 20.8 Å². The second-order valence-corrected chi connectivity index (χ2v) is 9.44. The Kier molecular flexibility index (Phi) is 10.1. The highest BCUT2D eigenvalue weighted by molar-refractivity contribution is 5.83. The van der Waals surface area contributed by atoms with Crippen LogP contribution in [0.3, 0.4) is 0 Å². The molecule has 0 bridgehead atoms. The average Bonchev–Trinajstić information content (AvgIpc) is 3.28. The van der Waals surface area contributed by atoms with Gasteiger partial charge in [-0.2, -0.15) is 0 Å². The highest BCUT2D eigenvalue weighted by atomic mass is 16.3. The summed E-state index contributed by atoms with van der Waals surface area (Å²) in [6, 6.07) is 8.57. The van der Waals surface area contributed by atoms with E-state index in [-0.39, 0.29) is 18.9 Å². The molecule has 0 radical (unpaired) electrons. The number of carboxylic acid groups (broad SMARTS) is 2. The van der Waals surface area contributed by atoms with E-state index in [4.69, 9.17) is 19.8 Å². The first-order chi connectivity index (χ1) is 17.1. The van der Waals surface area contributed by atoms with Crippen molar-refractivity contribution in [2.75, 3.05) is 52.4 Å². The summed E-state index contributed by atoms with van der Waals surface area (Å²) in [7, 11) is 0. The van der Waals surface area contributed by atoms with Gasteiger partial charge in [0.2, 0.25) is 5.91 Å². The van der Waals surface area contributed by atoms with Gasteiger partial charge in [-0.05, 0) is 55.8 Å². The Morgan fingerprint density at radius 1 is 1.06 bits per heavy atom. The van der Waals surface area contributed by atoms with Gasteiger partial charge in [0.05, 0.1) is 0 Å². The molecule has 35 heavy (non-hydrogen) atoms. The molecule has 0 unspecified atom stereocenters. The number of fused-ring (bicyclic) bond motifs is 2. The fourth-order valence-electron chi connectivity index (χ4n) is 5.78. The van der Waals surface area contributed by atoms with Crippen LogP contribution in [0.1, 0.15) is 25.3 Å². The van der Waals surface area contributed by atoms with Crippen LogP contribution in [0.4, 0.5) is 0 Å². The molecular formula is C26H38N4O5. The fraction of sp³-hybridized carbons (Fsp3) is 0.577. The summed E-state index contributed by atoms with van der Waals surface area (Å²) < 4.78 is 0. The minimum atomic E-state index is -0.250. The molecule has 1 aromatic carbocycles. The molecule has 2 saturated heterocycles. The maximum absolute atomic E-state index is 13.1. The predicted molar refractivity (Wildman–Crippen MR) is 134 cm³/mol. The average molecular weight is 487 g/mol. The molecule has 1 saturated carbocycles. The summed E-state index contributed by atoms with van der Waals surface area (Å²) in [6.07, 6.45) is 5.65. The Morgan fingerprint density at radius 3 is 2.43 bits per heavy atom. The van der Waals surface area contributed by atoms with E-state index in [9.17, 15) is 4.79 Å². The smallest absolute Gasteiger partial charge is 0.290 e. The van der Waals surface area contributed by atoms with Crippen LogP contribution in [0.5, 0.6) is 0 Å². The van der Waals surface area contributed by atoms with Gasteiger partial charge in [-0.15, -0.1) is 0 Å². The Labute approximate surface area is 206 Å². The number of hydrogen-bond donors (Lipinski definition) is 3. The van der Waals surface area contributed by atoms with Crippen molar-refractivity contribution in [2.45, 2.75) is 26.2 Å². The lowest BCUT2D eigenvalue weighted by Gasteiger charge is -2.52. The van der Waals surface area contributed by atoms with E-state index >= 15 is 0 Å². The van der Waals surface area contributed by atoms with Crippen molar-refractivity contribution in [3.05, 3.63) is 36.0 Å². The molecule has 5 rings (SSSR count). The van der Waals surface area contributed by atoms with Crippen LogP contribution in [0.2, 0.25) is 0 Å². The van der Waals surface area contributed by atoms with Crippen molar-refractivity contribution in [3.8, 4) is 0 Å². The third kappa shape index (κ3) is 6.61. The van der Waals surface area contributed by atoms with Crippen molar-refractivity contribution < 1.29 is 24.6 Å². The number of amides is 1. The van der Waals surface area contributed by atoms with E-state index in [1.165, 1.54) is 29.4 Å². The normalized spacial score (nSPS) is 24.1. The Balaban J connectivity index is 0.000000520. The SMILES string of the molecule is CCN1CCN(C(=O)[C@@H]2C[C@H]3CCN(CCc4c[nH]c5ccccc45)C[C@H]32)CC1.O=CO.O=CO. The van der Waals surface area contributed by atoms with Gasteiger partial charge in [0.25, 0.3) is 12.9 Å². The predicted octanol–water partition coefficient (Wildman–Crippen LogP) is 2.23. The second kappa shape index (κ2) is 13.3. The molecule has 2 aliphatic heterocycles. The zero-order valence-electron chi connectivity index (χ0n) is 20.5. The number of H-pyrrole nitrogens is 1. The molecule has 9 heteroatoms. The largest absolute Gasteiger partial charge is 0.483 e. The third-order valence-electron chi connectivity index (χ3n) is 7.78. The summed E-state index contributed by atoms with van der Waals surface area (Å²) in [5, 5.41) is 15.1. The molecule has 9 nitrogen and oxygen atoms in total. The fourth-order valence-corrected chi connectivity index (χ4v) is 5.78. The molecule has 3 N–H and O–H groups in total. The first kappa shape index (κ1) is 26.7. The number of aromatic nitrogens is 1. The number of piperidine rings is 1. The number of likely N-dealkylation sites (N-methyl/N-ethyl adjacent to an activating group) is 1. The summed E-state index contributed by atoms with van der Waals surface area (Å²) in [5.74, 6) is 2.10. The van der Waals surface area contributed by atoms with Crippen molar-refractivity contribution in [1.82, 2.24) is 19.7 Å². The highest BCUT2D eigenvalue weighted by Gasteiger charge is 2.48. The van der Waals surface area contributed by atoms with E-state index in [2.05, 4.69) is 57.1 Å². The summed E-state index contributed by atoms with van der Waals surface area (Å²) in [4.78, 5) is 40.4. The number of rotatable bonds is 5. The Hall–Kier alpha value is -2.91. The molecule has 3 fully saturated rings. The molecule has 3 aliphatic rings. The third-order valence-corrected chi connectivity index (χ3v) is 7.78. The van der Waals surface area contributed by atoms with Gasteiger partial charge >= 0.3 is 0 Å². The minimum Gasteiger partial charge on any atom is -0.483 e. The van der Waals surface area contributed by atoms with E-state index in [0.29, 0.717) is 11.8 Å². The quantitative estimate of drug-likeness (QED) is 0.555. The van der Waals surface area contributed by atoms with Crippen molar-refractivity contribution in [3.63, 3.8) is 0 Å². The first-order valence-electron chi connectivity index (χ1n) is 12.5. The molecular weight excluding hydrogens is 448 g/mol. The van der Waals surface area contributed by atoms with Crippen LogP contribution in [0.25, 0.3) is 10.9 Å². The summed E-state index contributed by atoms with van der Waals surface area (Å²) in [6.45, 7) is 10.1. The van der Waals surface area contributed by atoms with Gasteiger partial charge in [0.15, 0.2) is 0 Å². The van der Waals surface area contributed by atoms with Gasteiger partial charge in [0, 0.05) is 62.3 Å². The molecule has 0 spiro atoms. The number of nitrogens with zero attached hydrogens (tertiary/aromatic N) is 3. The number of likely N-dealkylation sites (tertiary alicyclic amines) is 1. The van der Waals surface area contributed by atoms with Crippen LogP contribution in [0.15, 0.2) is 30.5 Å². The number of para-hydroxylation sites is 1. The van der Waals surface area contributed by atoms with Crippen LogP contribution < -0.4 is 0 Å². The minimum absolute atomic E-state index is 0.250. The van der Waals surface area contributed by atoms with Gasteiger partial charge in [-0.25, -0.2) is 0 Å². The van der Waals surface area contributed by atoms with Gasteiger partial charge in [-0.1, -0.05) is 25.1 Å². The Bertz CT molecular complexity index is 950. The number of aromatic amines is 1. The van der Waals surface area contributed by atoms with Crippen LogP contribution in [-0.4, -0.2) is 101 Å². The van der Waals surface area contributed by atoms with Gasteiger partial charge < -0.3 is 29.9 Å². The maximum Gasteiger partial charge on any atom is 0.290 e. The molecule has 1 amide bonds. The van der Waals surface area contributed by atoms with E-state index in [0.717, 1.165) is 64.6 Å². The van der Waals surface area contributed by atoms with Crippen molar-refractivity contribution in [1.29, 1.82) is 0 Å². The Morgan fingerprint density at radius 2 is 1.74 bits per heavy atom. The standard InChI is InChI=1S/C24H34N4O.2CH2O2/c1-2-26-11-13-28(14-12-26)24(29)21-15-18-7-9-27(17-22(18)21)10-8-19-16-25-23-6-4-3-5-20(19)23;2*2-1-3/h3-6,16,18,21-22,25H,2,7-15,17H2,1H3;2*1H,(H,2,3)/t18-,21-,22-;;/m1../s1.